The lowest BCUT2D eigenvalue weighted by atomic mass is 10.0. The van der Waals surface area contributed by atoms with Crippen molar-refractivity contribution < 1.29 is 24.5 Å². The largest absolute Gasteiger partial charge is 0.462 e. The van der Waals surface area contributed by atoms with Gasteiger partial charge in [0.2, 0.25) is 5.91 Å². The molecule has 0 rings (SSSR count). The predicted octanol–water partition coefficient (Wildman–Crippen LogP) is 16.5. The number of allylic oxidation sites excluding steroid dienone is 6. The van der Waals surface area contributed by atoms with E-state index in [-0.39, 0.29) is 24.9 Å². The number of rotatable bonds is 49. The Labute approximate surface area is 385 Å². The summed E-state index contributed by atoms with van der Waals surface area (Å²) in [6.45, 7) is 6.48. The van der Waals surface area contributed by atoms with Gasteiger partial charge < -0.3 is 20.3 Å². The summed E-state index contributed by atoms with van der Waals surface area (Å²) in [5.41, 5.74) is 0. The summed E-state index contributed by atoms with van der Waals surface area (Å²) < 4.78 is 5.93. The first kappa shape index (κ1) is 60.1. The highest BCUT2D eigenvalue weighted by molar-refractivity contribution is 5.77. The molecule has 3 atom stereocenters. The first-order chi connectivity index (χ1) is 30.5. The van der Waals surface area contributed by atoms with Gasteiger partial charge in [0.25, 0.3) is 0 Å². The lowest BCUT2D eigenvalue weighted by Crippen LogP contribution is -2.46. The third kappa shape index (κ3) is 44.7. The van der Waals surface area contributed by atoms with Gasteiger partial charge in [0.15, 0.2) is 0 Å². The van der Waals surface area contributed by atoms with Crippen molar-refractivity contribution in [2.45, 2.75) is 302 Å². The molecule has 0 heterocycles. The smallest absolute Gasteiger partial charge is 0.306 e. The van der Waals surface area contributed by atoms with E-state index in [1.54, 1.807) is 0 Å². The van der Waals surface area contributed by atoms with Crippen molar-refractivity contribution in [2.24, 2.45) is 0 Å². The average Bonchev–Trinajstić information content (AvgIpc) is 3.26. The van der Waals surface area contributed by atoms with Crippen LogP contribution >= 0.6 is 0 Å². The van der Waals surface area contributed by atoms with Crippen LogP contribution in [0.25, 0.3) is 0 Å². The molecule has 3 N–H and O–H groups in total. The summed E-state index contributed by atoms with van der Waals surface area (Å²) in [7, 11) is 0. The summed E-state index contributed by atoms with van der Waals surface area (Å²) in [5, 5.41) is 23.8. The number of aliphatic hydroxyl groups is 2. The number of ether oxygens (including phenoxy) is 1. The van der Waals surface area contributed by atoms with E-state index < -0.39 is 18.2 Å². The van der Waals surface area contributed by atoms with E-state index >= 15 is 0 Å². The normalized spacial score (nSPS) is 13.4. The molecule has 6 heteroatoms. The van der Waals surface area contributed by atoms with Crippen LogP contribution in [-0.2, 0) is 14.3 Å². The lowest BCUT2D eigenvalue weighted by Gasteiger charge is -2.24. The van der Waals surface area contributed by atoms with Gasteiger partial charge in [-0.2, -0.15) is 0 Å². The standard InChI is InChI=1S/C56H105NO5/c1-4-7-10-13-16-19-22-25-27-29-30-32-35-38-41-44-47-52(62-56(61)49-46-43-40-37-34-24-21-18-15-12-9-6-3)50-55(60)57-53(51-58)54(59)48-45-42-39-36-33-31-28-26-23-20-17-14-11-8-5-2/h22,25,27,29-30,32,52-54,58-59H,4-21,23-24,26,28,31,33-51H2,1-3H3,(H,57,60)/b25-22+,29-27+,32-30+. The Morgan fingerprint density at radius 2 is 0.823 bits per heavy atom. The SMILES string of the molecule is CCCCCCC/C=C/C=C/C=C/CCCCCC(CC(=O)NC(CO)C(O)CCCCCCCCCCCCCCCCC)OC(=O)CCCCCCCCCCCCCC. The fraction of sp³-hybridized carbons (Fsp3) is 0.857. The number of hydrogen-bond donors (Lipinski definition) is 3. The van der Waals surface area contributed by atoms with Crippen molar-refractivity contribution in [2.75, 3.05) is 6.61 Å². The zero-order valence-electron chi connectivity index (χ0n) is 41.5. The highest BCUT2D eigenvalue weighted by Gasteiger charge is 2.24. The fourth-order valence-corrected chi connectivity index (χ4v) is 8.37. The molecule has 364 valence electrons. The molecule has 1 amide bonds. The number of unbranched alkanes of at least 4 members (excludes halogenated alkanes) is 33. The van der Waals surface area contributed by atoms with Crippen LogP contribution in [0.2, 0.25) is 0 Å². The second kappa shape index (κ2) is 50.1. The van der Waals surface area contributed by atoms with Crippen molar-refractivity contribution in [3.8, 4) is 0 Å². The molecule has 0 fully saturated rings. The summed E-state index contributed by atoms with van der Waals surface area (Å²) in [4.78, 5) is 26.2. The van der Waals surface area contributed by atoms with Crippen molar-refractivity contribution in [1.82, 2.24) is 5.32 Å². The van der Waals surface area contributed by atoms with Crippen molar-refractivity contribution in [3.05, 3.63) is 36.5 Å². The molecule has 0 aromatic rings. The number of amides is 1. The molecule has 0 aliphatic heterocycles. The Bertz CT molecular complexity index is 1020. The first-order valence-corrected chi connectivity index (χ1v) is 27.2. The van der Waals surface area contributed by atoms with E-state index in [2.05, 4.69) is 62.5 Å². The Kier molecular flexibility index (Phi) is 48.5. The lowest BCUT2D eigenvalue weighted by molar-refractivity contribution is -0.151. The molecule has 3 unspecified atom stereocenters. The number of aliphatic hydroxyl groups excluding tert-OH is 2. The molecule has 0 radical (unpaired) electrons. The predicted molar refractivity (Wildman–Crippen MR) is 269 cm³/mol. The molecular weight excluding hydrogens is 767 g/mol. The van der Waals surface area contributed by atoms with Gasteiger partial charge in [0.05, 0.1) is 25.2 Å². The number of carbonyl (C=O) groups is 2. The second-order valence-electron chi connectivity index (χ2n) is 18.7. The zero-order chi connectivity index (χ0) is 45.2. The number of nitrogens with one attached hydrogen (secondary N) is 1. The molecule has 0 bridgehead atoms. The Morgan fingerprint density at radius 3 is 1.24 bits per heavy atom. The van der Waals surface area contributed by atoms with Gasteiger partial charge in [0, 0.05) is 6.42 Å². The maximum atomic E-state index is 13.2. The van der Waals surface area contributed by atoms with E-state index in [0.29, 0.717) is 19.3 Å². The van der Waals surface area contributed by atoms with Gasteiger partial charge in [-0.3, -0.25) is 9.59 Å². The van der Waals surface area contributed by atoms with E-state index in [0.717, 1.165) is 70.6 Å². The van der Waals surface area contributed by atoms with E-state index in [1.165, 1.54) is 167 Å². The fourth-order valence-electron chi connectivity index (χ4n) is 8.37. The quantitative estimate of drug-likeness (QED) is 0.0321. The van der Waals surface area contributed by atoms with Crippen LogP contribution < -0.4 is 5.32 Å². The van der Waals surface area contributed by atoms with Crippen LogP contribution in [0.5, 0.6) is 0 Å². The van der Waals surface area contributed by atoms with Gasteiger partial charge in [-0.15, -0.1) is 0 Å². The molecule has 0 aromatic carbocycles. The topological polar surface area (TPSA) is 95.9 Å². The Morgan fingerprint density at radius 1 is 0.468 bits per heavy atom. The molecular formula is C56H105NO5. The second-order valence-corrected chi connectivity index (χ2v) is 18.7. The number of carbonyl (C=O) groups excluding carboxylic acids is 2. The minimum Gasteiger partial charge on any atom is -0.462 e. The maximum Gasteiger partial charge on any atom is 0.306 e. The van der Waals surface area contributed by atoms with E-state index in [9.17, 15) is 19.8 Å². The van der Waals surface area contributed by atoms with Gasteiger partial charge in [-0.05, 0) is 51.4 Å². The van der Waals surface area contributed by atoms with Gasteiger partial charge in [-0.1, -0.05) is 256 Å². The van der Waals surface area contributed by atoms with Crippen LogP contribution in [0.3, 0.4) is 0 Å². The highest BCUT2D eigenvalue weighted by atomic mass is 16.5. The Hall–Kier alpha value is -1.92. The minimum atomic E-state index is -0.794. The third-order valence-electron chi connectivity index (χ3n) is 12.5. The maximum absolute atomic E-state index is 13.2. The van der Waals surface area contributed by atoms with E-state index in [1.807, 2.05) is 0 Å². The van der Waals surface area contributed by atoms with Crippen LogP contribution in [0.15, 0.2) is 36.5 Å². The number of esters is 1. The summed E-state index contributed by atoms with van der Waals surface area (Å²) in [6, 6.07) is -0.710. The Balaban J connectivity index is 4.60. The molecule has 0 saturated heterocycles. The molecule has 0 aromatic heterocycles. The summed E-state index contributed by atoms with van der Waals surface area (Å²) in [6.07, 6.45) is 59.2. The highest BCUT2D eigenvalue weighted by Crippen LogP contribution is 2.18. The zero-order valence-corrected chi connectivity index (χ0v) is 41.5. The van der Waals surface area contributed by atoms with Crippen molar-refractivity contribution >= 4 is 11.9 Å². The van der Waals surface area contributed by atoms with Crippen LogP contribution in [0.1, 0.15) is 284 Å². The summed E-state index contributed by atoms with van der Waals surface area (Å²) in [5.74, 6) is -0.495. The van der Waals surface area contributed by atoms with Crippen LogP contribution in [0.4, 0.5) is 0 Å². The first-order valence-electron chi connectivity index (χ1n) is 27.2. The van der Waals surface area contributed by atoms with Crippen molar-refractivity contribution in [1.29, 1.82) is 0 Å². The summed E-state index contributed by atoms with van der Waals surface area (Å²) >= 11 is 0. The molecule has 0 spiro atoms. The molecule has 0 aliphatic carbocycles. The minimum absolute atomic E-state index is 0.0588. The third-order valence-corrected chi connectivity index (χ3v) is 12.5. The van der Waals surface area contributed by atoms with E-state index in [4.69, 9.17) is 4.74 Å². The van der Waals surface area contributed by atoms with Crippen LogP contribution in [0, 0.1) is 0 Å². The van der Waals surface area contributed by atoms with Crippen LogP contribution in [-0.4, -0.2) is 46.9 Å². The van der Waals surface area contributed by atoms with Gasteiger partial charge >= 0.3 is 5.97 Å². The molecule has 6 nitrogen and oxygen atoms in total. The van der Waals surface area contributed by atoms with Gasteiger partial charge in [0.1, 0.15) is 6.10 Å². The van der Waals surface area contributed by atoms with Gasteiger partial charge in [-0.25, -0.2) is 0 Å². The van der Waals surface area contributed by atoms with Crippen molar-refractivity contribution in [3.63, 3.8) is 0 Å². The average molecular weight is 872 g/mol. The molecule has 62 heavy (non-hydrogen) atoms. The number of hydrogen-bond acceptors (Lipinski definition) is 5. The monoisotopic (exact) mass is 872 g/mol. The molecule has 0 aliphatic rings. The molecule has 0 saturated carbocycles.